The van der Waals surface area contributed by atoms with Gasteiger partial charge in [-0.1, -0.05) is 25.6 Å². The van der Waals surface area contributed by atoms with Gasteiger partial charge in [0.25, 0.3) is 0 Å². The maximum atomic E-state index is 11.6. The lowest BCUT2D eigenvalue weighted by Crippen LogP contribution is -2.41. The molecule has 3 atom stereocenters. The molecular formula is C13H25N3OS. The number of hydrogen-bond acceptors (Lipinski definition) is 3. The van der Waals surface area contributed by atoms with Gasteiger partial charge in [-0.05, 0) is 26.2 Å². The maximum Gasteiger partial charge on any atom is 0.222 e. The summed E-state index contributed by atoms with van der Waals surface area (Å²) in [6.45, 7) is 9.07. The predicted octanol–water partition coefficient (Wildman–Crippen LogP) is 2.01. The van der Waals surface area contributed by atoms with Crippen LogP contribution in [0.2, 0.25) is 0 Å². The van der Waals surface area contributed by atoms with Crippen molar-refractivity contribution in [2.75, 3.05) is 12.3 Å². The molecule has 0 radical (unpaired) electrons. The van der Waals surface area contributed by atoms with Crippen LogP contribution in [0.4, 0.5) is 0 Å². The largest absolute Gasteiger partial charge is 0.362 e. The van der Waals surface area contributed by atoms with Crippen LogP contribution in [0.15, 0.2) is 4.99 Å². The summed E-state index contributed by atoms with van der Waals surface area (Å²) < 4.78 is 0. The summed E-state index contributed by atoms with van der Waals surface area (Å²) in [7, 11) is 0. The van der Waals surface area contributed by atoms with Gasteiger partial charge in [-0.15, -0.1) is 0 Å². The summed E-state index contributed by atoms with van der Waals surface area (Å²) in [5, 5.41) is 7.30. The summed E-state index contributed by atoms with van der Waals surface area (Å²) in [6.07, 6.45) is 1.44. The van der Waals surface area contributed by atoms with Crippen molar-refractivity contribution in [1.82, 2.24) is 10.6 Å². The fraction of sp³-hybridized carbons (Fsp3) is 0.846. The molecule has 0 aromatic heterocycles. The molecule has 1 rings (SSSR count). The fourth-order valence-electron chi connectivity index (χ4n) is 1.53. The molecule has 4 nitrogen and oxygen atoms in total. The van der Waals surface area contributed by atoms with E-state index in [1.54, 1.807) is 11.8 Å². The number of thioether (sulfide) groups is 1. The number of nitrogens with zero attached hydrogens (tertiary/aromatic N) is 1. The van der Waals surface area contributed by atoms with Gasteiger partial charge in [0.15, 0.2) is 5.17 Å². The minimum Gasteiger partial charge on any atom is -0.362 e. The van der Waals surface area contributed by atoms with E-state index in [9.17, 15) is 4.79 Å². The Kier molecular flexibility index (Phi) is 6.54. The van der Waals surface area contributed by atoms with Gasteiger partial charge >= 0.3 is 0 Å². The molecule has 3 unspecified atom stereocenters. The minimum absolute atomic E-state index is 0.0934. The summed E-state index contributed by atoms with van der Waals surface area (Å²) in [5.41, 5.74) is 0. The van der Waals surface area contributed by atoms with E-state index in [4.69, 9.17) is 0 Å². The number of amidine groups is 1. The van der Waals surface area contributed by atoms with Gasteiger partial charge in [-0.2, -0.15) is 0 Å². The van der Waals surface area contributed by atoms with E-state index in [0.717, 1.165) is 17.3 Å². The number of aliphatic imine (C=N–C) groups is 1. The third-order valence-corrected chi connectivity index (χ3v) is 4.51. The molecule has 1 aliphatic heterocycles. The highest BCUT2D eigenvalue weighted by molar-refractivity contribution is 8.13. The molecule has 2 N–H and O–H groups in total. The van der Waals surface area contributed by atoms with Crippen LogP contribution in [-0.4, -0.2) is 35.5 Å². The van der Waals surface area contributed by atoms with Crippen molar-refractivity contribution in [3.05, 3.63) is 0 Å². The number of hydrogen-bond donors (Lipinski definition) is 2. The van der Waals surface area contributed by atoms with Crippen LogP contribution >= 0.6 is 11.8 Å². The second-order valence-corrected chi connectivity index (χ2v) is 6.04. The molecule has 0 aliphatic carbocycles. The molecule has 18 heavy (non-hydrogen) atoms. The Balaban J connectivity index is 2.26. The van der Waals surface area contributed by atoms with E-state index in [0.29, 0.717) is 24.9 Å². The number of rotatable bonds is 5. The molecule has 0 spiro atoms. The van der Waals surface area contributed by atoms with E-state index in [-0.39, 0.29) is 11.9 Å². The molecule has 1 fully saturated rings. The van der Waals surface area contributed by atoms with Crippen LogP contribution < -0.4 is 10.6 Å². The number of nitrogens with one attached hydrogen (secondary N) is 2. The lowest BCUT2D eigenvalue weighted by molar-refractivity contribution is -0.121. The maximum absolute atomic E-state index is 11.6. The number of carbonyl (C=O) groups is 1. The van der Waals surface area contributed by atoms with Crippen LogP contribution in [0.25, 0.3) is 0 Å². The predicted molar refractivity (Wildman–Crippen MR) is 79.0 cm³/mol. The first-order chi connectivity index (χ1) is 8.52. The van der Waals surface area contributed by atoms with Gasteiger partial charge in [-0.25, -0.2) is 0 Å². The molecule has 0 bridgehead atoms. The zero-order valence-electron chi connectivity index (χ0n) is 11.8. The second-order valence-electron chi connectivity index (χ2n) is 5.03. The third-order valence-electron chi connectivity index (χ3n) is 3.30. The van der Waals surface area contributed by atoms with Crippen LogP contribution in [0.3, 0.4) is 0 Å². The molecule has 0 saturated carbocycles. The molecule has 5 heteroatoms. The molecule has 0 aromatic rings. The highest BCUT2D eigenvalue weighted by Crippen LogP contribution is 2.19. The zero-order chi connectivity index (χ0) is 13.5. The SMILES string of the molecule is CCC(C)NC(=O)CCN=C1NC(C)C(C)CS1. The Labute approximate surface area is 114 Å². The molecule has 1 aliphatic rings. The highest BCUT2D eigenvalue weighted by Gasteiger charge is 2.20. The average molecular weight is 271 g/mol. The van der Waals surface area contributed by atoms with Crippen LogP contribution in [0.5, 0.6) is 0 Å². The fourth-order valence-corrected chi connectivity index (χ4v) is 2.69. The first-order valence-corrected chi connectivity index (χ1v) is 7.74. The monoisotopic (exact) mass is 271 g/mol. The van der Waals surface area contributed by atoms with Gasteiger partial charge in [0.05, 0.1) is 6.54 Å². The van der Waals surface area contributed by atoms with Crippen LogP contribution in [-0.2, 0) is 4.79 Å². The number of amides is 1. The summed E-state index contributed by atoms with van der Waals surface area (Å²) >= 11 is 1.75. The smallest absolute Gasteiger partial charge is 0.222 e. The van der Waals surface area contributed by atoms with Crippen LogP contribution in [0.1, 0.15) is 40.5 Å². The van der Waals surface area contributed by atoms with Crippen molar-refractivity contribution in [3.63, 3.8) is 0 Å². The summed E-state index contributed by atoms with van der Waals surface area (Å²) in [6, 6.07) is 0.729. The van der Waals surface area contributed by atoms with Crippen molar-refractivity contribution >= 4 is 22.8 Å². The van der Waals surface area contributed by atoms with Crippen molar-refractivity contribution in [2.45, 2.75) is 52.6 Å². The van der Waals surface area contributed by atoms with E-state index in [1.165, 1.54) is 0 Å². The molecular weight excluding hydrogens is 246 g/mol. The Morgan fingerprint density at radius 2 is 2.33 bits per heavy atom. The normalized spacial score (nSPS) is 27.7. The van der Waals surface area contributed by atoms with Gasteiger partial charge in [0, 0.05) is 24.3 Å². The quantitative estimate of drug-likeness (QED) is 0.804. The van der Waals surface area contributed by atoms with Crippen molar-refractivity contribution < 1.29 is 4.79 Å². The first-order valence-electron chi connectivity index (χ1n) is 6.76. The molecule has 104 valence electrons. The van der Waals surface area contributed by atoms with Crippen molar-refractivity contribution in [3.8, 4) is 0 Å². The van der Waals surface area contributed by atoms with E-state index in [2.05, 4.69) is 36.4 Å². The lowest BCUT2D eigenvalue weighted by atomic mass is 10.1. The third kappa shape index (κ3) is 5.29. The van der Waals surface area contributed by atoms with E-state index < -0.39 is 0 Å². The van der Waals surface area contributed by atoms with Gasteiger partial charge in [0.1, 0.15) is 0 Å². The topological polar surface area (TPSA) is 53.5 Å². The second kappa shape index (κ2) is 7.67. The van der Waals surface area contributed by atoms with Crippen molar-refractivity contribution in [1.29, 1.82) is 0 Å². The minimum atomic E-state index is 0.0934. The molecule has 1 amide bonds. The van der Waals surface area contributed by atoms with Crippen LogP contribution in [0, 0.1) is 5.92 Å². The van der Waals surface area contributed by atoms with Gasteiger partial charge in [-0.3, -0.25) is 9.79 Å². The highest BCUT2D eigenvalue weighted by atomic mass is 32.2. The molecule has 0 aromatic carbocycles. The van der Waals surface area contributed by atoms with Crippen molar-refractivity contribution in [2.24, 2.45) is 10.9 Å². The van der Waals surface area contributed by atoms with Gasteiger partial charge in [0.2, 0.25) is 5.91 Å². The summed E-state index contributed by atoms with van der Waals surface area (Å²) in [5.74, 6) is 1.87. The van der Waals surface area contributed by atoms with E-state index >= 15 is 0 Å². The average Bonchev–Trinajstić information content (AvgIpc) is 2.33. The number of carbonyl (C=O) groups excluding carboxylic acids is 1. The van der Waals surface area contributed by atoms with Gasteiger partial charge < -0.3 is 10.6 Å². The Hall–Kier alpha value is -0.710. The Morgan fingerprint density at radius 3 is 2.94 bits per heavy atom. The molecule has 1 saturated heterocycles. The zero-order valence-corrected chi connectivity index (χ0v) is 12.6. The summed E-state index contributed by atoms with van der Waals surface area (Å²) in [4.78, 5) is 16.0. The Morgan fingerprint density at radius 1 is 1.61 bits per heavy atom. The molecule has 1 heterocycles. The lowest BCUT2D eigenvalue weighted by Gasteiger charge is -2.28. The first kappa shape index (κ1) is 15.3. The Bertz CT molecular complexity index is 307. The standard InChI is InChI=1S/C13H25N3OS/c1-5-10(3)15-12(17)6-7-14-13-16-11(4)9(2)8-18-13/h9-11H,5-8H2,1-4H3,(H,14,16)(H,15,17). The van der Waals surface area contributed by atoms with E-state index in [1.807, 2.05) is 6.92 Å².